The molecule has 1 unspecified atom stereocenters. The van der Waals surface area contributed by atoms with Gasteiger partial charge in [0.25, 0.3) is 10.0 Å². The van der Waals surface area contributed by atoms with Gasteiger partial charge in [0.2, 0.25) is 0 Å². The Hall–Kier alpha value is -3.19. The van der Waals surface area contributed by atoms with Crippen molar-refractivity contribution in [3.05, 3.63) is 77.6 Å². The van der Waals surface area contributed by atoms with E-state index in [1.807, 2.05) is 21.9 Å². The van der Waals surface area contributed by atoms with Gasteiger partial charge < -0.3 is 9.80 Å². The summed E-state index contributed by atoms with van der Waals surface area (Å²) >= 11 is 5.89. The van der Waals surface area contributed by atoms with E-state index in [9.17, 15) is 17.0 Å². The first kappa shape index (κ1) is 26.4. The van der Waals surface area contributed by atoms with Crippen molar-refractivity contribution < 1.29 is 17.0 Å². The molecule has 5 rings (SSSR count). The first-order chi connectivity index (χ1) is 18.0. The summed E-state index contributed by atoms with van der Waals surface area (Å²) in [7, 11) is -4.23. The van der Waals surface area contributed by atoms with Crippen LogP contribution in [0.15, 0.2) is 76.5 Å². The molecule has 4 aromatic rings. The number of nitrogens with zero attached hydrogens (tertiary/aromatic N) is 5. The monoisotopic (exact) mass is 576 g/mol. The number of fused-ring (bicyclic) bond motifs is 1. The summed E-state index contributed by atoms with van der Waals surface area (Å²) in [6.07, 6.45) is 0. The van der Waals surface area contributed by atoms with Gasteiger partial charge in [-0.05, 0) is 54.6 Å². The van der Waals surface area contributed by atoms with Gasteiger partial charge in [-0.1, -0.05) is 23.7 Å². The molecule has 0 radical (unpaired) electrons. The van der Waals surface area contributed by atoms with Crippen molar-refractivity contribution in [3.8, 4) is 0 Å². The average molecular weight is 577 g/mol. The number of anilines is 2. The summed E-state index contributed by atoms with van der Waals surface area (Å²) in [5, 5.41) is 5.55. The Morgan fingerprint density at radius 3 is 2.13 bits per heavy atom. The Balaban J connectivity index is 1.46. The Bertz CT molecular complexity index is 1720. The lowest BCUT2D eigenvalue weighted by molar-refractivity contribution is 0.578. The van der Waals surface area contributed by atoms with Crippen LogP contribution in [0.1, 0.15) is 0 Å². The van der Waals surface area contributed by atoms with E-state index in [-0.39, 0.29) is 15.6 Å². The van der Waals surface area contributed by atoms with E-state index in [0.29, 0.717) is 53.6 Å². The molecule has 0 saturated carbocycles. The predicted octanol–water partition coefficient (Wildman–Crippen LogP) is 4.27. The number of hydrogen-bond donors (Lipinski definition) is 1. The van der Waals surface area contributed by atoms with Gasteiger partial charge in [-0.3, -0.25) is 0 Å². The minimum absolute atomic E-state index is 0.0296. The zero-order valence-corrected chi connectivity index (χ0v) is 23.1. The number of benzene rings is 3. The van der Waals surface area contributed by atoms with Crippen molar-refractivity contribution in [2.45, 2.75) is 9.79 Å². The molecule has 13 heteroatoms. The van der Waals surface area contributed by atoms with Crippen molar-refractivity contribution in [3.63, 3.8) is 0 Å². The molecule has 1 saturated heterocycles. The molecule has 2 heterocycles. The van der Waals surface area contributed by atoms with Crippen molar-refractivity contribution in [1.82, 2.24) is 13.5 Å². The van der Waals surface area contributed by atoms with Crippen LogP contribution in [0.4, 0.5) is 15.9 Å². The minimum atomic E-state index is -4.09. The maximum atomic E-state index is 14.4. The van der Waals surface area contributed by atoms with E-state index in [2.05, 4.69) is 5.10 Å². The SMILES string of the molecule is CN(C)S(=N)(=O)c1ccc(S(=O)(=O)n2nc(N3CCN(c4ccc(Cl)cc4F)CC3)c3ccccc32)cc1. The summed E-state index contributed by atoms with van der Waals surface area (Å²) in [6.45, 7) is 2.07. The highest BCUT2D eigenvalue weighted by Gasteiger charge is 2.28. The Kier molecular flexibility index (Phi) is 6.84. The van der Waals surface area contributed by atoms with Crippen LogP contribution >= 0.6 is 11.6 Å². The molecule has 200 valence electrons. The van der Waals surface area contributed by atoms with Gasteiger partial charge in [0, 0.05) is 50.7 Å². The average Bonchev–Trinajstić information content (AvgIpc) is 3.29. The number of halogens is 2. The van der Waals surface area contributed by atoms with Crippen molar-refractivity contribution in [1.29, 1.82) is 4.78 Å². The van der Waals surface area contributed by atoms with Gasteiger partial charge in [0.05, 0.1) is 21.0 Å². The van der Waals surface area contributed by atoms with Gasteiger partial charge in [-0.25, -0.2) is 17.7 Å². The van der Waals surface area contributed by atoms with Crippen LogP contribution in [0.3, 0.4) is 0 Å². The van der Waals surface area contributed by atoms with Crippen LogP contribution in [-0.4, -0.2) is 66.4 Å². The Morgan fingerprint density at radius 1 is 0.895 bits per heavy atom. The fourth-order valence-corrected chi connectivity index (χ4v) is 6.81. The third kappa shape index (κ3) is 4.62. The zero-order valence-electron chi connectivity index (χ0n) is 20.7. The normalized spacial score (nSPS) is 16.2. The molecule has 0 amide bonds. The highest BCUT2D eigenvalue weighted by atomic mass is 35.5. The van der Waals surface area contributed by atoms with Gasteiger partial charge in [0.1, 0.15) is 15.7 Å². The lowest BCUT2D eigenvalue weighted by atomic mass is 10.2. The summed E-state index contributed by atoms with van der Waals surface area (Å²) in [5.74, 6) is 0.142. The predicted molar refractivity (Wildman–Crippen MR) is 147 cm³/mol. The third-order valence-electron chi connectivity index (χ3n) is 6.55. The smallest absolute Gasteiger partial charge is 0.283 e. The summed E-state index contributed by atoms with van der Waals surface area (Å²) in [4.78, 5) is 4.10. The number of piperazine rings is 1. The highest BCUT2D eigenvalue weighted by Crippen LogP contribution is 2.31. The maximum Gasteiger partial charge on any atom is 0.283 e. The second kappa shape index (κ2) is 9.84. The maximum absolute atomic E-state index is 14.4. The fraction of sp³-hybridized carbons (Fsp3) is 0.240. The van der Waals surface area contributed by atoms with E-state index in [1.54, 1.807) is 24.3 Å². The molecule has 1 aromatic heterocycles. The summed E-state index contributed by atoms with van der Waals surface area (Å²) < 4.78 is 64.7. The summed E-state index contributed by atoms with van der Waals surface area (Å²) in [6, 6.07) is 17.2. The standard InChI is InChI=1S/C25H26ClFN6O3S2/c1-30(2)37(28,34)19-8-10-20(11-9-19)38(35,36)33-23-6-4-3-5-21(23)25(29-33)32-15-13-31(14-16-32)24-12-7-18(26)17-22(24)27/h3-12,17,28H,13-16H2,1-2H3. The summed E-state index contributed by atoms with van der Waals surface area (Å²) in [5.41, 5.74) is 0.900. The molecule has 1 aliphatic rings. The van der Waals surface area contributed by atoms with Crippen LogP contribution in [-0.2, 0) is 19.9 Å². The second-order valence-electron chi connectivity index (χ2n) is 9.07. The van der Waals surface area contributed by atoms with Gasteiger partial charge in [0.15, 0.2) is 5.82 Å². The van der Waals surface area contributed by atoms with Crippen LogP contribution in [0.25, 0.3) is 10.9 Å². The van der Waals surface area contributed by atoms with E-state index in [0.717, 1.165) is 4.09 Å². The molecule has 3 aromatic carbocycles. The molecule has 1 aliphatic heterocycles. The van der Waals surface area contributed by atoms with Gasteiger partial charge in [-0.15, -0.1) is 5.10 Å². The van der Waals surface area contributed by atoms with E-state index < -0.39 is 19.9 Å². The second-order valence-corrected chi connectivity index (χ2v) is 13.5. The van der Waals surface area contributed by atoms with E-state index >= 15 is 0 Å². The largest absolute Gasteiger partial charge is 0.366 e. The molecule has 1 atom stereocenters. The molecule has 1 fully saturated rings. The molecular formula is C25H26ClFN6O3S2. The first-order valence-corrected chi connectivity index (χ1v) is 15.1. The Morgan fingerprint density at radius 2 is 1.50 bits per heavy atom. The van der Waals surface area contributed by atoms with Crippen LogP contribution in [0, 0.1) is 10.6 Å². The number of nitrogens with one attached hydrogen (secondary N) is 1. The molecule has 38 heavy (non-hydrogen) atoms. The molecule has 9 nitrogen and oxygen atoms in total. The number of aromatic nitrogens is 2. The topological polar surface area (TPSA) is 103 Å². The number of rotatable bonds is 6. The van der Waals surface area contributed by atoms with E-state index in [1.165, 1.54) is 48.7 Å². The quantitative estimate of drug-likeness (QED) is 0.368. The molecule has 0 bridgehead atoms. The van der Waals surface area contributed by atoms with Gasteiger partial charge in [-0.2, -0.15) is 12.5 Å². The minimum Gasteiger partial charge on any atom is -0.366 e. The number of hydrogen-bond acceptors (Lipinski definition) is 7. The van der Waals surface area contributed by atoms with Gasteiger partial charge >= 0.3 is 0 Å². The Labute approximate surface area is 226 Å². The van der Waals surface area contributed by atoms with Crippen molar-refractivity contribution in [2.75, 3.05) is 50.1 Å². The first-order valence-electron chi connectivity index (χ1n) is 11.7. The highest BCUT2D eigenvalue weighted by molar-refractivity contribution is 7.90. The molecule has 0 aliphatic carbocycles. The van der Waals surface area contributed by atoms with Crippen molar-refractivity contribution >= 4 is 53.9 Å². The van der Waals surface area contributed by atoms with Crippen molar-refractivity contribution in [2.24, 2.45) is 0 Å². The lowest BCUT2D eigenvalue weighted by Gasteiger charge is -2.36. The van der Waals surface area contributed by atoms with E-state index in [4.69, 9.17) is 16.4 Å². The third-order valence-corrected chi connectivity index (χ3v) is 10.3. The lowest BCUT2D eigenvalue weighted by Crippen LogP contribution is -2.47. The molecule has 0 spiro atoms. The van der Waals surface area contributed by atoms with Crippen LogP contribution in [0.2, 0.25) is 5.02 Å². The molecular weight excluding hydrogens is 551 g/mol. The van der Waals surface area contributed by atoms with Crippen LogP contribution in [0.5, 0.6) is 0 Å². The zero-order chi connectivity index (χ0) is 27.2. The number of para-hydroxylation sites is 1. The fourth-order valence-electron chi connectivity index (χ4n) is 4.44. The molecule has 1 N–H and O–H groups in total. The van der Waals surface area contributed by atoms with Crippen LogP contribution < -0.4 is 9.80 Å².